The molecule has 13 heavy (non-hydrogen) atoms. The van der Waals surface area contributed by atoms with Gasteiger partial charge in [-0.25, -0.2) is 0 Å². The average molecular weight is 188 g/mol. The molecule has 1 unspecified atom stereocenters. The van der Waals surface area contributed by atoms with Crippen LogP contribution in [0, 0.1) is 5.92 Å². The van der Waals surface area contributed by atoms with Gasteiger partial charge in [0.1, 0.15) is 0 Å². The number of hydrogen-bond acceptors (Lipinski definition) is 0. The molecule has 1 atom stereocenters. The molecule has 0 spiro atoms. The van der Waals surface area contributed by atoms with Crippen molar-refractivity contribution in [3.8, 4) is 0 Å². The van der Waals surface area contributed by atoms with Gasteiger partial charge in [-0.3, -0.25) is 0 Å². The summed E-state index contributed by atoms with van der Waals surface area (Å²) < 4.78 is 23.4. The summed E-state index contributed by atoms with van der Waals surface area (Å²) in [5.74, 6) is 0.345. The zero-order valence-electron chi connectivity index (χ0n) is 8.61. The Morgan fingerprint density at radius 2 is 1.85 bits per heavy atom. The largest absolute Gasteiger partial charge is 0.266 e. The first-order valence-electron chi connectivity index (χ1n) is 4.67. The number of hydrogen-bond donors (Lipinski definition) is 0. The lowest BCUT2D eigenvalue weighted by Crippen LogP contribution is -1.91. The molecule has 0 heterocycles. The van der Waals surface area contributed by atoms with Crippen molar-refractivity contribution in [2.24, 2.45) is 5.92 Å². The van der Waals surface area contributed by atoms with Gasteiger partial charge in [0.2, 0.25) is 0 Å². The molecule has 0 fully saturated rings. The molecule has 0 rings (SSSR count). The maximum atomic E-state index is 11.7. The molecule has 0 aromatic carbocycles. The molecule has 0 nitrogen and oxygen atoms in total. The third-order valence-corrected chi connectivity index (χ3v) is 1.89. The van der Waals surface area contributed by atoms with Gasteiger partial charge in [0, 0.05) is 0 Å². The summed E-state index contributed by atoms with van der Waals surface area (Å²) in [6.07, 6.45) is 4.05. The van der Waals surface area contributed by atoms with Crippen LogP contribution in [0.25, 0.3) is 0 Å². The minimum atomic E-state index is -1.56. The molecule has 0 saturated heterocycles. The highest BCUT2D eigenvalue weighted by Crippen LogP contribution is 2.14. The van der Waals surface area contributed by atoms with Gasteiger partial charge in [0.05, 0.1) is 0 Å². The van der Waals surface area contributed by atoms with E-state index >= 15 is 0 Å². The number of allylic oxidation sites excluding steroid dienone is 3. The van der Waals surface area contributed by atoms with Crippen molar-refractivity contribution in [2.75, 3.05) is 0 Å². The Balaban J connectivity index is 3.58. The summed E-state index contributed by atoms with van der Waals surface area (Å²) in [4.78, 5) is 0. The van der Waals surface area contributed by atoms with Crippen LogP contribution in [0.2, 0.25) is 0 Å². The van der Waals surface area contributed by atoms with E-state index in [1.807, 2.05) is 20.8 Å². The topological polar surface area (TPSA) is 0 Å². The number of rotatable bonds is 5. The standard InChI is InChI=1S/C11H18F2/c1-9(2)5-4-6-10(3)7-8-11(12)13/h5,8,10H,4,6-7H2,1-3H3. The first kappa shape index (κ1) is 12.3. The Labute approximate surface area is 79.3 Å². The van der Waals surface area contributed by atoms with Crippen LogP contribution in [0.5, 0.6) is 0 Å². The molecule has 0 aromatic heterocycles. The average Bonchev–Trinajstić information content (AvgIpc) is 2.00. The van der Waals surface area contributed by atoms with E-state index in [2.05, 4.69) is 6.08 Å². The number of halogens is 2. The summed E-state index contributed by atoms with van der Waals surface area (Å²) >= 11 is 0. The van der Waals surface area contributed by atoms with Gasteiger partial charge in [-0.05, 0) is 45.1 Å². The lowest BCUT2D eigenvalue weighted by molar-refractivity contribution is 0.410. The SMILES string of the molecule is CC(C)=CCCC(C)CC=C(F)F. The second kappa shape index (κ2) is 6.81. The van der Waals surface area contributed by atoms with Crippen LogP contribution in [0.15, 0.2) is 23.8 Å². The van der Waals surface area contributed by atoms with Crippen molar-refractivity contribution in [1.82, 2.24) is 0 Å². The summed E-state index contributed by atoms with van der Waals surface area (Å²) in [5.41, 5.74) is 1.29. The lowest BCUT2D eigenvalue weighted by atomic mass is 10.0. The Morgan fingerprint density at radius 1 is 1.23 bits per heavy atom. The summed E-state index contributed by atoms with van der Waals surface area (Å²) in [6, 6.07) is 0. The van der Waals surface area contributed by atoms with Gasteiger partial charge < -0.3 is 0 Å². The van der Waals surface area contributed by atoms with Crippen molar-refractivity contribution in [2.45, 2.75) is 40.0 Å². The van der Waals surface area contributed by atoms with E-state index in [4.69, 9.17) is 0 Å². The van der Waals surface area contributed by atoms with E-state index in [-0.39, 0.29) is 0 Å². The smallest absolute Gasteiger partial charge is 0.174 e. The minimum absolute atomic E-state index is 0.345. The van der Waals surface area contributed by atoms with Crippen LogP contribution in [0.1, 0.15) is 40.0 Å². The van der Waals surface area contributed by atoms with Crippen molar-refractivity contribution >= 4 is 0 Å². The summed E-state index contributed by atoms with van der Waals surface area (Å²) in [7, 11) is 0. The molecule has 0 saturated carbocycles. The van der Waals surface area contributed by atoms with Crippen molar-refractivity contribution in [3.05, 3.63) is 23.8 Å². The summed E-state index contributed by atoms with van der Waals surface area (Å²) in [5, 5.41) is 0. The minimum Gasteiger partial charge on any atom is -0.174 e. The van der Waals surface area contributed by atoms with Crippen LogP contribution in [0.3, 0.4) is 0 Å². The zero-order valence-corrected chi connectivity index (χ0v) is 8.61. The second-order valence-electron chi connectivity index (χ2n) is 3.69. The maximum Gasteiger partial charge on any atom is 0.266 e. The highest BCUT2D eigenvalue weighted by Gasteiger charge is 1.99. The molecule has 0 aliphatic heterocycles. The quantitative estimate of drug-likeness (QED) is 0.556. The Kier molecular flexibility index (Phi) is 6.47. The molecule has 0 aliphatic rings. The monoisotopic (exact) mass is 188 g/mol. The van der Waals surface area contributed by atoms with Gasteiger partial charge in [-0.1, -0.05) is 18.6 Å². The second-order valence-corrected chi connectivity index (χ2v) is 3.69. The van der Waals surface area contributed by atoms with Crippen molar-refractivity contribution < 1.29 is 8.78 Å². The van der Waals surface area contributed by atoms with Gasteiger partial charge in [-0.15, -0.1) is 0 Å². The molecule has 2 heteroatoms. The van der Waals surface area contributed by atoms with Crippen LogP contribution < -0.4 is 0 Å². The highest BCUT2D eigenvalue weighted by atomic mass is 19.3. The molecule has 0 aliphatic carbocycles. The lowest BCUT2D eigenvalue weighted by Gasteiger charge is -2.05. The molecule has 76 valence electrons. The van der Waals surface area contributed by atoms with Gasteiger partial charge in [0.15, 0.2) is 0 Å². The van der Waals surface area contributed by atoms with Gasteiger partial charge >= 0.3 is 0 Å². The third-order valence-electron chi connectivity index (χ3n) is 1.89. The first-order valence-corrected chi connectivity index (χ1v) is 4.67. The fourth-order valence-corrected chi connectivity index (χ4v) is 1.06. The molecule has 0 aromatic rings. The normalized spacial score (nSPS) is 12.1. The predicted octanol–water partition coefficient (Wildman–Crippen LogP) is 4.54. The fraction of sp³-hybridized carbons (Fsp3) is 0.636. The maximum absolute atomic E-state index is 11.7. The Bertz CT molecular complexity index is 184. The van der Waals surface area contributed by atoms with Gasteiger partial charge in [0.25, 0.3) is 6.08 Å². The molecular weight excluding hydrogens is 170 g/mol. The Hall–Kier alpha value is -0.660. The van der Waals surface area contributed by atoms with E-state index < -0.39 is 6.08 Å². The van der Waals surface area contributed by atoms with E-state index in [9.17, 15) is 8.78 Å². The summed E-state index contributed by atoms with van der Waals surface area (Å²) in [6.45, 7) is 6.09. The van der Waals surface area contributed by atoms with Crippen molar-refractivity contribution in [1.29, 1.82) is 0 Å². The third kappa shape index (κ3) is 9.25. The first-order chi connectivity index (χ1) is 6.02. The van der Waals surface area contributed by atoms with Crippen LogP contribution in [0.4, 0.5) is 8.78 Å². The van der Waals surface area contributed by atoms with Crippen LogP contribution in [-0.4, -0.2) is 0 Å². The van der Waals surface area contributed by atoms with E-state index in [1.165, 1.54) is 5.57 Å². The molecule has 0 bridgehead atoms. The molecule has 0 radical (unpaired) electrons. The molecular formula is C11H18F2. The van der Waals surface area contributed by atoms with E-state index in [0.29, 0.717) is 12.3 Å². The Morgan fingerprint density at radius 3 is 2.31 bits per heavy atom. The van der Waals surface area contributed by atoms with E-state index in [0.717, 1.165) is 18.9 Å². The predicted molar refractivity (Wildman–Crippen MR) is 52.7 cm³/mol. The van der Waals surface area contributed by atoms with Crippen molar-refractivity contribution in [3.63, 3.8) is 0 Å². The zero-order chi connectivity index (χ0) is 10.3. The highest BCUT2D eigenvalue weighted by molar-refractivity contribution is 4.93. The fourth-order valence-electron chi connectivity index (χ4n) is 1.06. The molecule has 0 N–H and O–H groups in total. The van der Waals surface area contributed by atoms with Crippen LogP contribution >= 0.6 is 0 Å². The molecule has 0 amide bonds. The van der Waals surface area contributed by atoms with Gasteiger partial charge in [-0.2, -0.15) is 8.78 Å². The van der Waals surface area contributed by atoms with Crippen LogP contribution in [-0.2, 0) is 0 Å². The van der Waals surface area contributed by atoms with E-state index in [1.54, 1.807) is 0 Å².